The standard InChI is InChI=1S/C40H37N5O6/c1-25-15-18-31(19-16-25)45-32(27-11-7-5-8-12-27)21-30(38(45)28-13-9-6-10-14-28)23-41-44-35(46)24-51-33-20-17-29(22-34(33)49-3)37-36(39(47)50-4)26(2)42-40(48)43-37/h5-23,37H,24H2,1-4H3,(H,44,46)(H2,42,43,48)/b41-23-/t37-/m1/s1. The molecule has 4 aromatic carbocycles. The molecule has 258 valence electrons. The summed E-state index contributed by atoms with van der Waals surface area (Å²) in [5.41, 5.74) is 10.6. The summed E-state index contributed by atoms with van der Waals surface area (Å²) in [5.74, 6) is -0.482. The van der Waals surface area contributed by atoms with Gasteiger partial charge in [0.15, 0.2) is 18.1 Å². The van der Waals surface area contributed by atoms with Crippen LogP contribution < -0.4 is 25.5 Å². The minimum Gasteiger partial charge on any atom is -0.493 e. The number of rotatable bonds is 11. The molecule has 0 aliphatic carbocycles. The summed E-state index contributed by atoms with van der Waals surface area (Å²) in [5, 5.41) is 9.65. The molecule has 51 heavy (non-hydrogen) atoms. The minimum atomic E-state index is -0.782. The Labute approximate surface area is 295 Å². The molecule has 11 nitrogen and oxygen atoms in total. The first-order chi connectivity index (χ1) is 24.8. The zero-order valence-electron chi connectivity index (χ0n) is 28.6. The van der Waals surface area contributed by atoms with Gasteiger partial charge in [0.2, 0.25) is 0 Å². The molecule has 0 saturated heterocycles. The number of amides is 3. The van der Waals surface area contributed by atoms with Crippen molar-refractivity contribution >= 4 is 24.1 Å². The van der Waals surface area contributed by atoms with Crippen LogP contribution in [0.2, 0.25) is 0 Å². The van der Waals surface area contributed by atoms with Gasteiger partial charge in [-0.3, -0.25) is 4.79 Å². The average Bonchev–Trinajstić information content (AvgIpc) is 3.53. The fourth-order valence-electron chi connectivity index (χ4n) is 5.96. The van der Waals surface area contributed by atoms with Crippen LogP contribution in [-0.2, 0) is 14.3 Å². The van der Waals surface area contributed by atoms with Crippen molar-refractivity contribution in [2.24, 2.45) is 5.10 Å². The van der Waals surface area contributed by atoms with Crippen LogP contribution in [0.3, 0.4) is 0 Å². The number of esters is 1. The molecule has 0 radical (unpaired) electrons. The lowest BCUT2D eigenvalue weighted by Gasteiger charge is -2.28. The number of aromatic nitrogens is 1. The van der Waals surface area contributed by atoms with Crippen molar-refractivity contribution in [3.63, 3.8) is 0 Å². The summed E-state index contributed by atoms with van der Waals surface area (Å²) in [6.07, 6.45) is 1.63. The molecule has 0 unspecified atom stereocenters. The zero-order valence-corrected chi connectivity index (χ0v) is 28.6. The van der Waals surface area contributed by atoms with Crippen LogP contribution in [0.5, 0.6) is 11.5 Å². The molecular weight excluding hydrogens is 646 g/mol. The number of hydrazone groups is 1. The van der Waals surface area contributed by atoms with Gasteiger partial charge in [0.05, 0.1) is 43.4 Å². The molecule has 1 aliphatic rings. The number of nitrogens with zero attached hydrogens (tertiary/aromatic N) is 2. The molecule has 0 saturated carbocycles. The summed E-state index contributed by atoms with van der Waals surface area (Å²) in [7, 11) is 2.73. The molecule has 0 spiro atoms. The molecule has 3 N–H and O–H groups in total. The highest BCUT2D eigenvalue weighted by Crippen LogP contribution is 2.36. The van der Waals surface area contributed by atoms with Crippen LogP contribution in [0, 0.1) is 6.92 Å². The van der Waals surface area contributed by atoms with E-state index in [9.17, 15) is 14.4 Å². The van der Waals surface area contributed by atoms with E-state index in [2.05, 4.69) is 75.1 Å². The number of hydrogen-bond acceptors (Lipinski definition) is 7. The van der Waals surface area contributed by atoms with Gasteiger partial charge in [-0.1, -0.05) is 84.4 Å². The molecule has 3 amide bonds. The summed E-state index contributed by atoms with van der Waals surface area (Å²) >= 11 is 0. The molecule has 2 heterocycles. The monoisotopic (exact) mass is 683 g/mol. The highest BCUT2D eigenvalue weighted by Gasteiger charge is 2.32. The number of nitrogens with one attached hydrogen (secondary N) is 3. The van der Waals surface area contributed by atoms with Gasteiger partial charge >= 0.3 is 12.0 Å². The normalized spacial score (nSPS) is 14.1. The smallest absolute Gasteiger partial charge is 0.337 e. The van der Waals surface area contributed by atoms with Gasteiger partial charge in [0, 0.05) is 16.9 Å². The first-order valence-electron chi connectivity index (χ1n) is 16.2. The third-order valence-corrected chi connectivity index (χ3v) is 8.39. The van der Waals surface area contributed by atoms with Crippen molar-refractivity contribution in [3.8, 4) is 39.7 Å². The van der Waals surface area contributed by atoms with Crippen LogP contribution in [0.15, 0.2) is 126 Å². The number of urea groups is 1. The largest absolute Gasteiger partial charge is 0.493 e. The van der Waals surface area contributed by atoms with Crippen molar-refractivity contribution < 1.29 is 28.6 Å². The van der Waals surface area contributed by atoms with E-state index in [-0.39, 0.29) is 17.9 Å². The van der Waals surface area contributed by atoms with Crippen molar-refractivity contribution in [1.29, 1.82) is 0 Å². The Morgan fingerprint density at radius 1 is 0.863 bits per heavy atom. The number of carbonyl (C=O) groups is 3. The maximum absolute atomic E-state index is 12.9. The van der Waals surface area contributed by atoms with E-state index in [1.807, 2.05) is 48.5 Å². The second kappa shape index (κ2) is 15.3. The molecule has 1 aromatic heterocycles. The molecular formula is C40H37N5O6. The van der Waals surface area contributed by atoms with Crippen molar-refractivity contribution in [2.45, 2.75) is 19.9 Å². The summed E-state index contributed by atoms with van der Waals surface area (Å²) in [4.78, 5) is 37.7. The number of aryl methyl sites for hydroxylation is 1. The molecule has 6 rings (SSSR count). The van der Waals surface area contributed by atoms with Crippen molar-refractivity contribution in [3.05, 3.63) is 137 Å². The van der Waals surface area contributed by atoms with Gasteiger partial charge in [-0.05, 0) is 60.9 Å². The Morgan fingerprint density at radius 3 is 2.22 bits per heavy atom. The number of carbonyl (C=O) groups excluding carboxylic acids is 3. The molecule has 1 atom stereocenters. The number of allylic oxidation sites excluding steroid dienone is 1. The fraction of sp³-hybridized carbons (Fsp3) is 0.150. The van der Waals surface area contributed by atoms with Gasteiger partial charge in [-0.2, -0.15) is 5.10 Å². The van der Waals surface area contributed by atoms with Crippen LogP contribution in [0.4, 0.5) is 4.79 Å². The summed E-state index contributed by atoms with van der Waals surface area (Å²) < 4.78 is 18.5. The second-order valence-corrected chi connectivity index (χ2v) is 11.8. The Bertz CT molecular complexity index is 2120. The summed E-state index contributed by atoms with van der Waals surface area (Å²) in [6.45, 7) is 3.33. The van der Waals surface area contributed by atoms with E-state index < -0.39 is 23.9 Å². The lowest BCUT2D eigenvalue weighted by Crippen LogP contribution is -2.45. The van der Waals surface area contributed by atoms with Crippen molar-refractivity contribution in [2.75, 3.05) is 20.8 Å². The first-order valence-corrected chi connectivity index (χ1v) is 16.2. The quantitative estimate of drug-likeness (QED) is 0.0832. The second-order valence-electron chi connectivity index (χ2n) is 11.8. The van der Waals surface area contributed by atoms with Crippen LogP contribution in [0.1, 0.15) is 29.7 Å². The van der Waals surface area contributed by atoms with Gasteiger partial charge < -0.3 is 29.4 Å². The minimum absolute atomic E-state index is 0.255. The number of benzene rings is 4. The predicted molar refractivity (Wildman–Crippen MR) is 195 cm³/mol. The van der Waals surface area contributed by atoms with E-state index in [1.54, 1.807) is 31.3 Å². The lowest BCUT2D eigenvalue weighted by molar-refractivity contribution is -0.136. The van der Waals surface area contributed by atoms with Gasteiger partial charge in [-0.15, -0.1) is 0 Å². The van der Waals surface area contributed by atoms with Gasteiger partial charge in [-0.25, -0.2) is 15.0 Å². The Kier molecular flexibility index (Phi) is 10.3. The topological polar surface area (TPSA) is 132 Å². The van der Waals surface area contributed by atoms with Gasteiger partial charge in [0.25, 0.3) is 5.91 Å². The van der Waals surface area contributed by atoms with Crippen LogP contribution >= 0.6 is 0 Å². The highest BCUT2D eigenvalue weighted by molar-refractivity contribution is 5.95. The van der Waals surface area contributed by atoms with Gasteiger partial charge in [0.1, 0.15) is 0 Å². The average molecular weight is 684 g/mol. The maximum atomic E-state index is 12.9. The number of ether oxygens (including phenoxy) is 3. The predicted octanol–water partition coefficient (Wildman–Crippen LogP) is 6.46. The highest BCUT2D eigenvalue weighted by atomic mass is 16.5. The number of hydrogen-bond donors (Lipinski definition) is 3. The van der Waals surface area contributed by atoms with E-state index in [4.69, 9.17) is 14.2 Å². The molecule has 5 aromatic rings. The maximum Gasteiger partial charge on any atom is 0.337 e. The summed E-state index contributed by atoms with van der Waals surface area (Å²) in [6, 6.07) is 34.2. The Hall–Kier alpha value is -6.62. The Morgan fingerprint density at radius 2 is 1.55 bits per heavy atom. The third-order valence-electron chi connectivity index (χ3n) is 8.39. The SMILES string of the molecule is COC(=O)C1=C(C)NC(=O)N[C@@H]1c1ccc(OCC(=O)N/N=C\c2cc(-c3ccccc3)n(-c3ccc(C)cc3)c2-c2ccccc2)c(OC)c1. The number of methoxy groups -OCH3 is 2. The molecule has 0 fully saturated rings. The van der Waals surface area contributed by atoms with E-state index in [0.29, 0.717) is 17.0 Å². The fourth-order valence-corrected chi connectivity index (χ4v) is 5.96. The third kappa shape index (κ3) is 7.52. The first kappa shape index (κ1) is 34.3. The molecule has 1 aliphatic heterocycles. The van der Waals surface area contributed by atoms with E-state index >= 15 is 0 Å². The zero-order chi connectivity index (χ0) is 35.9. The van der Waals surface area contributed by atoms with Crippen LogP contribution in [0.25, 0.3) is 28.2 Å². The molecule has 11 heteroatoms. The van der Waals surface area contributed by atoms with E-state index in [0.717, 1.165) is 39.3 Å². The van der Waals surface area contributed by atoms with Crippen molar-refractivity contribution in [1.82, 2.24) is 20.6 Å². The lowest BCUT2D eigenvalue weighted by atomic mass is 9.95. The Balaban J connectivity index is 1.23. The van der Waals surface area contributed by atoms with Crippen LogP contribution in [-0.4, -0.2) is 49.5 Å². The molecule has 0 bridgehead atoms. The van der Waals surface area contributed by atoms with E-state index in [1.165, 1.54) is 14.2 Å².